The van der Waals surface area contributed by atoms with E-state index in [0.717, 1.165) is 81.5 Å². The van der Waals surface area contributed by atoms with Gasteiger partial charge in [-0.3, -0.25) is 19.2 Å². The van der Waals surface area contributed by atoms with Crippen LogP contribution in [-0.4, -0.2) is 47.3 Å². The summed E-state index contributed by atoms with van der Waals surface area (Å²) < 4.78 is 24.6. The van der Waals surface area contributed by atoms with E-state index in [1.807, 2.05) is 27.7 Å². The van der Waals surface area contributed by atoms with E-state index in [-0.39, 0.29) is 113 Å². The first-order valence-corrected chi connectivity index (χ1v) is 24.2. The van der Waals surface area contributed by atoms with Crippen molar-refractivity contribution in [2.24, 2.45) is 94.7 Å². The van der Waals surface area contributed by atoms with Gasteiger partial charge in [-0.05, 0) is 188 Å². The Kier molecular flexibility index (Phi) is 15.7. The molecule has 0 saturated heterocycles. The van der Waals surface area contributed by atoms with Gasteiger partial charge in [0.05, 0.1) is 23.7 Å². The maximum Gasteiger partial charge on any atom is 0.309 e. The molecule has 12 rings (SSSR count). The summed E-state index contributed by atoms with van der Waals surface area (Å²) in [5, 5.41) is 0. The molecule has 0 aromatic rings. The van der Waals surface area contributed by atoms with Gasteiger partial charge >= 0.3 is 23.9 Å². The highest BCUT2D eigenvalue weighted by molar-refractivity contribution is 5.76. The van der Waals surface area contributed by atoms with Crippen molar-refractivity contribution in [1.29, 1.82) is 0 Å². The van der Waals surface area contributed by atoms with Crippen molar-refractivity contribution in [3.05, 3.63) is 0 Å². The van der Waals surface area contributed by atoms with Gasteiger partial charge in [-0.15, -0.1) is 0 Å². The van der Waals surface area contributed by atoms with Crippen molar-refractivity contribution in [3.8, 4) is 0 Å². The summed E-state index contributed by atoms with van der Waals surface area (Å²) in [6, 6.07) is 0. The van der Waals surface area contributed by atoms with Gasteiger partial charge < -0.3 is 18.9 Å². The predicted molar refractivity (Wildman–Crippen MR) is 242 cm³/mol. The molecule has 0 spiro atoms. The first-order chi connectivity index (χ1) is 27.3. The maximum absolute atomic E-state index is 13.5. The number of carbonyl (C=O) groups excluding carboxylic acids is 4. The molecule has 8 nitrogen and oxygen atoms in total. The topological polar surface area (TPSA) is 105 Å². The molecule has 12 fully saturated rings. The van der Waals surface area contributed by atoms with Crippen LogP contribution in [0.1, 0.15) is 193 Å². The van der Waals surface area contributed by atoms with Crippen LogP contribution in [-0.2, 0) is 38.1 Å². The molecule has 350 valence electrons. The van der Waals surface area contributed by atoms with Gasteiger partial charge in [-0.25, -0.2) is 0 Å². The van der Waals surface area contributed by atoms with E-state index < -0.39 is 0 Å². The molecule has 8 heteroatoms. The smallest absolute Gasteiger partial charge is 0.309 e. The summed E-state index contributed by atoms with van der Waals surface area (Å²) in [7, 11) is 0. The van der Waals surface area contributed by atoms with Crippen molar-refractivity contribution in [3.63, 3.8) is 0 Å². The highest BCUT2D eigenvalue weighted by Gasteiger charge is 2.61. The first kappa shape index (κ1) is 49.9. The van der Waals surface area contributed by atoms with Crippen LogP contribution in [0.3, 0.4) is 0 Å². The average molecular weight is 855 g/mol. The van der Waals surface area contributed by atoms with Crippen LogP contribution in [0.5, 0.6) is 0 Å². The molecule has 12 aliphatic carbocycles. The number of esters is 4. The quantitative estimate of drug-likeness (QED) is 0.149. The van der Waals surface area contributed by atoms with Crippen LogP contribution >= 0.6 is 0 Å². The van der Waals surface area contributed by atoms with E-state index in [0.29, 0.717) is 35.5 Å². The molecule has 10 unspecified atom stereocenters. The van der Waals surface area contributed by atoms with E-state index in [1.54, 1.807) is 0 Å². The van der Waals surface area contributed by atoms with E-state index in [4.69, 9.17) is 18.9 Å². The van der Waals surface area contributed by atoms with Gasteiger partial charge in [0.15, 0.2) is 0 Å². The molecule has 0 radical (unpaired) electrons. The van der Waals surface area contributed by atoms with E-state index in [9.17, 15) is 19.2 Å². The van der Waals surface area contributed by atoms with E-state index in [2.05, 4.69) is 13.8 Å². The highest BCUT2D eigenvalue weighted by atomic mass is 16.6. The van der Waals surface area contributed by atoms with Crippen LogP contribution in [0.2, 0.25) is 0 Å². The molecule has 12 aliphatic rings. The Balaban J connectivity index is 0.000000217. The van der Waals surface area contributed by atoms with Crippen molar-refractivity contribution < 1.29 is 38.1 Å². The standard InChI is InChI=1S/C25H38O4.C24H36O4.4CH4/c1-4-14(3)23(26)28-22-13-17-11-20(22)21(12-17)24(27)29-25(5-2)18-7-15-6-16(9-18)10-19(25)8-15;1-4-13(2)22(25)27-21-12-16-10-19(21)20(11-16)23(26)28-24(3)17-6-14-5-15(8-17)9-18(24)7-14;;;;/h14-22H,4-13H2,1-3H3;13-21H,4-12H2,1-3H3;4*1H4. The third-order valence-electron chi connectivity index (χ3n) is 19.1. The van der Waals surface area contributed by atoms with Crippen molar-refractivity contribution in [2.75, 3.05) is 0 Å². The summed E-state index contributed by atoms with van der Waals surface area (Å²) in [5.74, 6) is 6.74. The molecular weight excluding hydrogens is 765 g/mol. The number of hydrogen-bond acceptors (Lipinski definition) is 8. The fourth-order valence-corrected chi connectivity index (χ4v) is 15.9. The monoisotopic (exact) mass is 855 g/mol. The van der Waals surface area contributed by atoms with Crippen LogP contribution < -0.4 is 0 Å². The first-order valence-electron chi connectivity index (χ1n) is 24.2. The Morgan fingerprint density at radius 2 is 0.820 bits per heavy atom. The number of rotatable bonds is 11. The molecule has 12 bridgehead atoms. The number of hydrogen-bond donors (Lipinski definition) is 0. The lowest BCUT2D eigenvalue weighted by Gasteiger charge is -2.60. The molecule has 0 N–H and O–H groups in total. The summed E-state index contributed by atoms with van der Waals surface area (Å²) in [4.78, 5) is 51.3. The minimum absolute atomic E-state index is 0. The average Bonchev–Trinajstić information content (AvgIpc) is 3.99. The second kappa shape index (κ2) is 19.2. The van der Waals surface area contributed by atoms with Crippen LogP contribution in [0, 0.1) is 94.7 Å². The molecule has 0 aliphatic heterocycles. The normalized spacial score (nSPS) is 45.4. The van der Waals surface area contributed by atoms with E-state index in [1.165, 1.54) is 64.2 Å². The van der Waals surface area contributed by atoms with Gasteiger partial charge in [0.1, 0.15) is 23.4 Å². The maximum atomic E-state index is 13.5. The second-order valence-electron chi connectivity index (χ2n) is 22.2. The van der Waals surface area contributed by atoms with Gasteiger partial charge in [-0.1, -0.05) is 64.3 Å². The largest absolute Gasteiger partial charge is 0.462 e. The zero-order chi connectivity index (χ0) is 40.0. The molecule has 0 heterocycles. The summed E-state index contributed by atoms with van der Waals surface area (Å²) in [5.41, 5.74) is -0.468. The van der Waals surface area contributed by atoms with Gasteiger partial charge in [0.25, 0.3) is 0 Å². The van der Waals surface area contributed by atoms with Crippen molar-refractivity contribution >= 4 is 23.9 Å². The Morgan fingerprint density at radius 1 is 0.475 bits per heavy atom. The SMILES string of the molecule is C.C.C.C.CCC(C)C(=O)OC1CC2CC(C(=O)OC3(C)C4CC5CC(C4)CC3C5)C1C2.CCC(C)C(=O)OC1CC2CC(C(=O)OC3(CC)C4CC5CC(C4)CC3C5)C1C2. The van der Waals surface area contributed by atoms with Gasteiger partial charge in [-0.2, -0.15) is 0 Å². The second-order valence-corrected chi connectivity index (χ2v) is 22.2. The van der Waals surface area contributed by atoms with Gasteiger partial charge in [0.2, 0.25) is 0 Å². The Morgan fingerprint density at radius 3 is 1.16 bits per heavy atom. The third kappa shape index (κ3) is 8.85. The summed E-state index contributed by atoms with van der Waals surface area (Å²) >= 11 is 0. The molecule has 61 heavy (non-hydrogen) atoms. The minimum Gasteiger partial charge on any atom is -0.462 e. The molecule has 0 aromatic carbocycles. The van der Waals surface area contributed by atoms with Crippen molar-refractivity contribution in [1.82, 2.24) is 0 Å². The number of carbonyl (C=O) groups is 4. The fraction of sp³-hybridized carbons (Fsp3) is 0.925. The summed E-state index contributed by atoms with van der Waals surface area (Å²) in [6.07, 6.45) is 21.1. The minimum atomic E-state index is -0.255. The predicted octanol–water partition coefficient (Wildman–Crippen LogP) is 12.4. The number of fused-ring (bicyclic) bond motifs is 4. The zero-order valence-electron chi connectivity index (χ0n) is 36.1. The van der Waals surface area contributed by atoms with Crippen LogP contribution in [0.15, 0.2) is 0 Å². The lowest BCUT2D eigenvalue weighted by Crippen LogP contribution is -2.60. The highest BCUT2D eigenvalue weighted by Crippen LogP contribution is 2.62. The number of ether oxygens (including phenoxy) is 4. The fourth-order valence-electron chi connectivity index (χ4n) is 15.9. The third-order valence-corrected chi connectivity index (χ3v) is 19.1. The van der Waals surface area contributed by atoms with Gasteiger partial charge in [0, 0.05) is 11.8 Å². The van der Waals surface area contributed by atoms with Crippen LogP contribution in [0.4, 0.5) is 0 Å². The molecule has 0 aromatic heterocycles. The zero-order valence-corrected chi connectivity index (χ0v) is 36.1. The van der Waals surface area contributed by atoms with Crippen LogP contribution in [0.25, 0.3) is 0 Å². The summed E-state index contributed by atoms with van der Waals surface area (Å²) in [6.45, 7) is 12.3. The van der Waals surface area contributed by atoms with E-state index >= 15 is 0 Å². The Labute approximate surface area is 372 Å². The Bertz CT molecular complexity index is 1500. The lowest BCUT2D eigenvalue weighted by atomic mass is 9.49. The Hall–Kier alpha value is -2.12. The molecule has 0 amide bonds. The van der Waals surface area contributed by atoms with Crippen molar-refractivity contribution in [2.45, 2.75) is 217 Å². The lowest BCUT2D eigenvalue weighted by molar-refractivity contribution is -0.217. The molecule has 12 saturated carbocycles. The molecular formula is C53H90O8. The molecule has 10 atom stereocenters.